The molecule has 0 spiro atoms. The molecule has 1 heterocycles. The summed E-state index contributed by atoms with van der Waals surface area (Å²) in [5.74, 6) is -0.948. The Morgan fingerprint density at radius 1 is 1.30 bits per heavy atom. The van der Waals surface area contributed by atoms with E-state index in [-0.39, 0.29) is 5.76 Å². The predicted molar refractivity (Wildman–Crippen MR) is 87.7 cm³/mol. The highest BCUT2D eigenvalue weighted by atomic mass is 16.5. The second kappa shape index (κ2) is 6.72. The van der Waals surface area contributed by atoms with Crippen molar-refractivity contribution in [3.8, 4) is 0 Å². The van der Waals surface area contributed by atoms with Gasteiger partial charge in [0.05, 0.1) is 6.10 Å². The highest BCUT2D eigenvalue weighted by molar-refractivity contribution is 5.95. The Morgan fingerprint density at radius 3 is 2.65 bits per heavy atom. The molecule has 0 bridgehead atoms. The quantitative estimate of drug-likeness (QED) is 0.914. The smallest absolute Gasteiger partial charge is 0.372 e. The highest BCUT2D eigenvalue weighted by Crippen LogP contribution is 2.30. The zero-order chi connectivity index (χ0) is 16.4. The van der Waals surface area contributed by atoms with Crippen LogP contribution in [0.5, 0.6) is 0 Å². The van der Waals surface area contributed by atoms with Gasteiger partial charge in [-0.05, 0) is 38.8 Å². The molecule has 124 valence electrons. The number of methoxy groups -OCH3 is 1. The largest absolute Gasteiger partial charge is 0.475 e. The van der Waals surface area contributed by atoms with Crippen LogP contribution in [0.25, 0.3) is 11.0 Å². The van der Waals surface area contributed by atoms with E-state index in [9.17, 15) is 9.90 Å². The molecule has 0 saturated heterocycles. The van der Waals surface area contributed by atoms with E-state index < -0.39 is 5.97 Å². The van der Waals surface area contributed by atoms with Crippen molar-refractivity contribution in [1.82, 2.24) is 4.90 Å². The van der Waals surface area contributed by atoms with E-state index in [1.54, 1.807) is 7.11 Å². The molecule has 5 nitrogen and oxygen atoms in total. The van der Waals surface area contributed by atoms with Gasteiger partial charge in [-0.1, -0.05) is 18.2 Å². The van der Waals surface area contributed by atoms with Gasteiger partial charge in [0.2, 0.25) is 5.76 Å². The summed E-state index contributed by atoms with van der Waals surface area (Å²) < 4.78 is 11.0. The number of hydrogen-bond acceptors (Lipinski definition) is 4. The van der Waals surface area contributed by atoms with Gasteiger partial charge in [0.1, 0.15) is 5.58 Å². The van der Waals surface area contributed by atoms with E-state index in [0.717, 1.165) is 36.6 Å². The first-order chi connectivity index (χ1) is 11.1. The maximum atomic E-state index is 11.5. The van der Waals surface area contributed by atoms with Crippen molar-refractivity contribution in [2.24, 2.45) is 0 Å². The second-order valence-electron chi connectivity index (χ2n) is 6.29. The Kier molecular flexibility index (Phi) is 4.68. The van der Waals surface area contributed by atoms with Crippen molar-refractivity contribution in [2.75, 3.05) is 14.2 Å². The van der Waals surface area contributed by atoms with Crippen molar-refractivity contribution in [3.63, 3.8) is 0 Å². The van der Waals surface area contributed by atoms with Crippen LogP contribution in [0, 0.1) is 0 Å². The molecule has 1 aromatic carbocycles. The van der Waals surface area contributed by atoms with Gasteiger partial charge in [-0.2, -0.15) is 0 Å². The molecular formula is C18H23NO4. The van der Waals surface area contributed by atoms with Gasteiger partial charge >= 0.3 is 5.97 Å². The van der Waals surface area contributed by atoms with E-state index >= 15 is 0 Å². The number of nitrogens with zero attached hydrogens (tertiary/aromatic N) is 1. The maximum Gasteiger partial charge on any atom is 0.372 e. The topological polar surface area (TPSA) is 62.9 Å². The fraction of sp³-hybridized carbons (Fsp3) is 0.500. The fourth-order valence-corrected chi connectivity index (χ4v) is 3.53. The summed E-state index contributed by atoms with van der Waals surface area (Å²) in [7, 11) is 3.83. The van der Waals surface area contributed by atoms with E-state index in [2.05, 4.69) is 11.9 Å². The van der Waals surface area contributed by atoms with Gasteiger partial charge in [0, 0.05) is 30.6 Å². The Hall–Kier alpha value is -1.85. The highest BCUT2D eigenvalue weighted by Gasteiger charge is 2.27. The number of fused-ring (bicyclic) bond motifs is 1. The fourth-order valence-electron chi connectivity index (χ4n) is 3.53. The van der Waals surface area contributed by atoms with Crippen LogP contribution in [0.2, 0.25) is 0 Å². The molecule has 1 saturated carbocycles. The molecule has 1 N–H and O–H groups in total. The van der Waals surface area contributed by atoms with Crippen LogP contribution >= 0.6 is 0 Å². The number of hydrogen-bond donors (Lipinski definition) is 1. The normalized spacial score (nSPS) is 21.9. The average molecular weight is 317 g/mol. The van der Waals surface area contributed by atoms with Crippen molar-refractivity contribution >= 4 is 16.9 Å². The summed E-state index contributed by atoms with van der Waals surface area (Å²) in [5.41, 5.74) is 1.40. The van der Waals surface area contributed by atoms with Crippen molar-refractivity contribution < 1.29 is 19.1 Å². The lowest BCUT2D eigenvalue weighted by molar-refractivity contribution is 0.0425. The van der Waals surface area contributed by atoms with Crippen molar-refractivity contribution in [3.05, 3.63) is 35.6 Å². The molecule has 0 radical (unpaired) electrons. The molecular weight excluding hydrogens is 294 g/mol. The summed E-state index contributed by atoms with van der Waals surface area (Å²) in [5, 5.41) is 10.3. The van der Waals surface area contributed by atoms with E-state index in [1.165, 1.54) is 0 Å². The summed E-state index contributed by atoms with van der Waals surface area (Å²) in [4.78, 5) is 13.7. The van der Waals surface area contributed by atoms with Gasteiger partial charge in [0.15, 0.2) is 0 Å². The zero-order valence-electron chi connectivity index (χ0n) is 13.6. The van der Waals surface area contributed by atoms with Crippen LogP contribution in [-0.2, 0) is 11.3 Å². The van der Waals surface area contributed by atoms with E-state index in [4.69, 9.17) is 9.15 Å². The maximum absolute atomic E-state index is 11.5. The zero-order valence-corrected chi connectivity index (χ0v) is 13.6. The van der Waals surface area contributed by atoms with Crippen LogP contribution in [0.15, 0.2) is 28.7 Å². The summed E-state index contributed by atoms with van der Waals surface area (Å²) in [6.07, 6.45) is 4.64. The number of rotatable bonds is 5. The Balaban J connectivity index is 1.80. The second-order valence-corrected chi connectivity index (χ2v) is 6.29. The number of aromatic carboxylic acids is 1. The van der Waals surface area contributed by atoms with Gasteiger partial charge in [-0.3, -0.25) is 4.90 Å². The molecule has 1 aromatic heterocycles. The molecule has 3 rings (SSSR count). The number of carboxylic acid groups (broad SMARTS) is 1. The first-order valence-electron chi connectivity index (χ1n) is 8.07. The Labute approximate surface area is 135 Å². The standard InChI is InChI=1S/C18H23NO4/c1-19(12-7-9-13(22-2)10-8-12)11-15-14-5-3-4-6-16(14)23-17(15)18(20)21/h3-6,12-13H,7-11H2,1-2H3,(H,20,21). The monoisotopic (exact) mass is 317 g/mol. The molecule has 1 aliphatic carbocycles. The Bertz CT molecular complexity index is 685. The summed E-state index contributed by atoms with van der Waals surface area (Å²) in [6.45, 7) is 0.584. The van der Waals surface area contributed by atoms with Gasteiger partial charge in [-0.25, -0.2) is 4.79 Å². The molecule has 0 atom stereocenters. The third kappa shape index (κ3) is 3.26. The lowest BCUT2D eigenvalue weighted by Gasteiger charge is -2.34. The lowest BCUT2D eigenvalue weighted by Crippen LogP contribution is -2.36. The lowest BCUT2D eigenvalue weighted by atomic mass is 9.91. The first-order valence-corrected chi connectivity index (χ1v) is 8.07. The minimum atomic E-state index is -1.01. The van der Waals surface area contributed by atoms with Crippen LogP contribution in [0.1, 0.15) is 41.8 Å². The SMILES string of the molecule is COC1CCC(N(C)Cc2c(C(=O)O)oc3ccccc23)CC1. The van der Waals surface area contributed by atoms with Crippen molar-refractivity contribution in [2.45, 2.75) is 44.4 Å². The molecule has 5 heteroatoms. The summed E-state index contributed by atoms with van der Waals surface area (Å²) >= 11 is 0. The number of carboxylic acids is 1. The van der Waals surface area contributed by atoms with Gasteiger partial charge in [0.25, 0.3) is 0 Å². The minimum Gasteiger partial charge on any atom is -0.475 e. The van der Waals surface area contributed by atoms with Crippen LogP contribution < -0.4 is 0 Å². The molecule has 1 fully saturated rings. The van der Waals surface area contributed by atoms with E-state index in [0.29, 0.717) is 24.3 Å². The third-order valence-corrected chi connectivity index (χ3v) is 4.90. The first kappa shape index (κ1) is 16.0. The molecule has 0 aliphatic heterocycles. The molecule has 0 unspecified atom stereocenters. The Morgan fingerprint density at radius 2 is 2.00 bits per heavy atom. The predicted octanol–water partition coefficient (Wildman–Crippen LogP) is 3.52. The van der Waals surface area contributed by atoms with Gasteiger partial charge in [-0.15, -0.1) is 0 Å². The number of benzene rings is 1. The third-order valence-electron chi connectivity index (χ3n) is 4.90. The van der Waals surface area contributed by atoms with Gasteiger partial charge < -0.3 is 14.3 Å². The molecule has 2 aromatic rings. The number of furan rings is 1. The average Bonchev–Trinajstić information content (AvgIpc) is 2.94. The molecule has 23 heavy (non-hydrogen) atoms. The van der Waals surface area contributed by atoms with Crippen LogP contribution in [-0.4, -0.2) is 42.3 Å². The molecule has 1 aliphatic rings. The van der Waals surface area contributed by atoms with Crippen LogP contribution in [0.4, 0.5) is 0 Å². The van der Waals surface area contributed by atoms with Crippen molar-refractivity contribution in [1.29, 1.82) is 0 Å². The minimum absolute atomic E-state index is 0.0589. The summed E-state index contributed by atoms with van der Waals surface area (Å²) in [6, 6.07) is 7.97. The van der Waals surface area contributed by atoms with E-state index in [1.807, 2.05) is 24.3 Å². The number of ether oxygens (including phenoxy) is 1. The number of carbonyl (C=O) groups is 1. The number of para-hydroxylation sites is 1. The van der Waals surface area contributed by atoms with Crippen LogP contribution in [0.3, 0.4) is 0 Å². The molecule has 0 amide bonds.